The van der Waals surface area contributed by atoms with E-state index in [1.54, 1.807) is 6.20 Å². The van der Waals surface area contributed by atoms with E-state index in [-0.39, 0.29) is 5.56 Å². The number of thioether (sulfide) groups is 1. The fraction of sp³-hybridized carbons (Fsp3) is 0.714. The number of hydrogen-bond donors (Lipinski definition) is 1. The molecule has 0 aliphatic heterocycles. The van der Waals surface area contributed by atoms with Gasteiger partial charge in [0.1, 0.15) is 0 Å². The molecule has 1 heterocycles. The summed E-state index contributed by atoms with van der Waals surface area (Å²) in [6.45, 7) is 0. The summed E-state index contributed by atoms with van der Waals surface area (Å²) in [5, 5.41) is 4.10. The average Bonchev–Trinajstić information content (AvgIpc) is 3.26. The molecule has 3 rings (SSSR count). The molecule has 0 amide bonds. The highest BCUT2D eigenvalue weighted by atomic mass is 32.2. The minimum Gasteiger partial charge on any atom is -0.363 e. The van der Waals surface area contributed by atoms with Crippen molar-refractivity contribution >= 4 is 17.6 Å². The van der Waals surface area contributed by atoms with Gasteiger partial charge in [-0.2, -0.15) is 11.8 Å². The van der Waals surface area contributed by atoms with E-state index < -0.39 is 0 Å². The molecule has 2 aliphatic carbocycles. The van der Waals surface area contributed by atoms with E-state index in [0.717, 1.165) is 30.9 Å². The summed E-state index contributed by atoms with van der Waals surface area (Å²) in [4.78, 5) is 16.6. The third kappa shape index (κ3) is 2.96. The zero-order valence-electron chi connectivity index (χ0n) is 11.3. The summed E-state index contributed by atoms with van der Waals surface area (Å²) < 4.78 is 1.84. The van der Waals surface area contributed by atoms with E-state index in [2.05, 4.69) is 16.6 Å². The monoisotopic (exact) mass is 279 g/mol. The van der Waals surface area contributed by atoms with E-state index >= 15 is 0 Å². The molecular formula is C14H21N3OS. The highest BCUT2D eigenvalue weighted by Crippen LogP contribution is 2.33. The maximum atomic E-state index is 12.3. The molecule has 2 saturated carbocycles. The van der Waals surface area contributed by atoms with Gasteiger partial charge in [0.05, 0.1) is 0 Å². The molecule has 5 heteroatoms. The van der Waals surface area contributed by atoms with Crippen LogP contribution in [0.4, 0.5) is 5.82 Å². The Balaban J connectivity index is 1.72. The molecule has 1 N–H and O–H groups in total. The van der Waals surface area contributed by atoms with Gasteiger partial charge in [0.25, 0.3) is 5.56 Å². The molecule has 0 spiro atoms. The fourth-order valence-electron chi connectivity index (χ4n) is 2.85. The predicted molar refractivity (Wildman–Crippen MR) is 79.9 cm³/mol. The zero-order valence-corrected chi connectivity index (χ0v) is 12.2. The summed E-state index contributed by atoms with van der Waals surface area (Å²) in [6.07, 6.45) is 12.8. The minimum atomic E-state index is 0.0521. The molecular weight excluding hydrogens is 258 g/mol. The Labute approximate surface area is 118 Å². The van der Waals surface area contributed by atoms with Crippen LogP contribution in [-0.2, 0) is 0 Å². The predicted octanol–water partition coefficient (Wildman–Crippen LogP) is 2.66. The van der Waals surface area contributed by atoms with Gasteiger partial charge in [0.2, 0.25) is 0 Å². The molecule has 0 bridgehead atoms. The van der Waals surface area contributed by atoms with Crippen LogP contribution in [-0.4, -0.2) is 27.1 Å². The molecule has 2 unspecified atom stereocenters. The Kier molecular flexibility index (Phi) is 3.82. The van der Waals surface area contributed by atoms with Crippen LogP contribution in [0.1, 0.15) is 44.6 Å². The lowest BCUT2D eigenvalue weighted by Crippen LogP contribution is -2.33. The van der Waals surface area contributed by atoms with Gasteiger partial charge in [0, 0.05) is 29.7 Å². The summed E-state index contributed by atoms with van der Waals surface area (Å²) in [6, 6.07) is 0.822. The largest absolute Gasteiger partial charge is 0.363 e. The van der Waals surface area contributed by atoms with E-state index in [1.165, 1.54) is 12.8 Å². The Morgan fingerprint density at radius 3 is 2.95 bits per heavy atom. The molecule has 0 aromatic carbocycles. The molecule has 0 radical (unpaired) electrons. The lowest BCUT2D eigenvalue weighted by atomic mass is 9.95. The molecule has 4 nitrogen and oxygen atoms in total. The zero-order chi connectivity index (χ0) is 13.2. The first kappa shape index (κ1) is 13.0. The smallest absolute Gasteiger partial charge is 0.293 e. The molecule has 19 heavy (non-hydrogen) atoms. The van der Waals surface area contributed by atoms with Crippen molar-refractivity contribution in [1.29, 1.82) is 0 Å². The van der Waals surface area contributed by atoms with Crippen molar-refractivity contribution in [3.63, 3.8) is 0 Å². The van der Waals surface area contributed by atoms with Crippen LogP contribution >= 0.6 is 11.8 Å². The molecule has 0 saturated heterocycles. The lowest BCUT2D eigenvalue weighted by molar-refractivity contribution is 0.471. The summed E-state index contributed by atoms with van der Waals surface area (Å²) in [5.41, 5.74) is 0.0521. The maximum absolute atomic E-state index is 12.3. The van der Waals surface area contributed by atoms with E-state index in [1.807, 2.05) is 22.5 Å². The highest BCUT2D eigenvalue weighted by Gasteiger charge is 2.26. The number of nitrogens with one attached hydrogen (secondary N) is 1. The van der Waals surface area contributed by atoms with E-state index in [9.17, 15) is 4.79 Å². The second kappa shape index (κ2) is 5.57. The quantitative estimate of drug-likeness (QED) is 0.920. The Morgan fingerprint density at radius 1 is 1.37 bits per heavy atom. The minimum absolute atomic E-state index is 0.0521. The second-order valence-corrected chi connectivity index (χ2v) is 6.72. The Morgan fingerprint density at radius 2 is 2.21 bits per heavy atom. The Bertz CT molecular complexity index is 498. The number of hydrogen-bond acceptors (Lipinski definition) is 4. The average molecular weight is 279 g/mol. The summed E-state index contributed by atoms with van der Waals surface area (Å²) in [7, 11) is 0. The molecule has 2 atom stereocenters. The molecule has 1 aromatic heterocycles. The second-order valence-electron chi connectivity index (χ2n) is 5.59. The van der Waals surface area contributed by atoms with Crippen molar-refractivity contribution in [2.75, 3.05) is 11.6 Å². The SMILES string of the molecule is CSC1CCCC(Nc2nccn(C3CC3)c2=O)C1. The fourth-order valence-corrected chi connectivity index (χ4v) is 3.67. The molecule has 104 valence electrons. The van der Waals surface area contributed by atoms with Crippen molar-refractivity contribution in [2.24, 2.45) is 0 Å². The number of anilines is 1. The number of aromatic nitrogens is 2. The summed E-state index contributed by atoms with van der Waals surface area (Å²) >= 11 is 1.94. The van der Waals surface area contributed by atoms with Gasteiger partial charge in [-0.15, -0.1) is 0 Å². The standard InChI is InChI=1S/C14H21N3OS/c1-19-12-4-2-3-10(9-12)16-13-14(18)17(8-7-15-13)11-5-6-11/h7-8,10-12H,2-6,9H2,1H3,(H,15,16). The van der Waals surface area contributed by atoms with Gasteiger partial charge >= 0.3 is 0 Å². The van der Waals surface area contributed by atoms with Crippen LogP contribution in [0.5, 0.6) is 0 Å². The first-order valence-corrected chi connectivity index (χ1v) is 8.43. The summed E-state index contributed by atoms with van der Waals surface area (Å²) in [5.74, 6) is 0.543. The lowest BCUT2D eigenvalue weighted by Gasteiger charge is -2.28. The van der Waals surface area contributed by atoms with Crippen molar-refractivity contribution < 1.29 is 0 Å². The molecule has 2 fully saturated rings. The first-order chi connectivity index (χ1) is 9.28. The maximum Gasteiger partial charge on any atom is 0.293 e. The molecule has 1 aromatic rings. The van der Waals surface area contributed by atoms with Gasteiger partial charge in [0.15, 0.2) is 5.82 Å². The number of rotatable bonds is 4. The first-order valence-electron chi connectivity index (χ1n) is 7.14. The van der Waals surface area contributed by atoms with Crippen molar-refractivity contribution in [1.82, 2.24) is 9.55 Å². The van der Waals surface area contributed by atoms with Gasteiger partial charge in [-0.05, 0) is 38.4 Å². The number of nitrogens with zero attached hydrogens (tertiary/aromatic N) is 2. The van der Waals surface area contributed by atoms with Gasteiger partial charge in [-0.1, -0.05) is 6.42 Å². The van der Waals surface area contributed by atoms with Gasteiger partial charge in [-0.25, -0.2) is 4.98 Å². The third-order valence-electron chi connectivity index (χ3n) is 4.11. The highest BCUT2D eigenvalue weighted by molar-refractivity contribution is 7.99. The van der Waals surface area contributed by atoms with E-state index in [0.29, 0.717) is 17.9 Å². The van der Waals surface area contributed by atoms with Crippen molar-refractivity contribution in [3.8, 4) is 0 Å². The van der Waals surface area contributed by atoms with Crippen LogP contribution in [0, 0.1) is 0 Å². The Hall–Kier alpha value is -0.970. The van der Waals surface area contributed by atoms with E-state index in [4.69, 9.17) is 0 Å². The third-order valence-corrected chi connectivity index (χ3v) is 5.20. The van der Waals surface area contributed by atoms with Crippen LogP contribution in [0.15, 0.2) is 17.2 Å². The normalized spacial score (nSPS) is 27.2. The van der Waals surface area contributed by atoms with Gasteiger partial charge < -0.3 is 9.88 Å². The van der Waals surface area contributed by atoms with Crippen LogP contribution in [0.2, 0.25) is 0 Å². The van der Waals surface area contributed by atoms with Crippen LogP contribution in [0.25, 0.3) is 0 Å². The van der Waals surface area contributed by atoms with Gasteiger partial charge in [-0.3, -0.25) is 4.79 Å². The van der Waals surface area contributed by atoms with Crippen LogP contribution < -0.4 is 10.9 Å². The topological polar surface area (TPSA) is 46.9 Å². The molecule has 2 aliphatic rings. The van der Waals surface area contributed by atoms with Crippen molar-refractivity contribution in [2.45, 2.75) is 55.9 Å². The van der Waals surface area contributed by atoms with Crippen molar-refractivity contribution in [3.05, 3.63) is 22.7 Å². The van der Waals surface area contributed by atoms with Crippen LogP contribution in [0.3, 0.4) is 0 Å².